The minimum absolute atomic E-state index is 0.0632. The zero-order chi connectivity index (χ0) is 11.5. The zero-order valence-electron chi connectivity index (χ0n) is 8.62. The summed E-state index contributed by atoms with van der Waals surface area (Å²) in [6.07, 6.45) is 1.89. The maximum absolute atomic E-state index is 10.8. The molecule has 2 rings (SSSR count). The average molecular weight is 234 g/mol. The van der Waals surface area contributed by atoms with E-state index in [9.17, 15) is 4.79 Å². The zero-order valence-corrected chi connectivity index (χ0v) is 9.44. The summed E-state index contributed by atoms with van der Waals surface area (Å²) in [7, 11) is 0. The van der Waals surface area contributed by atoms with E-state index >= 15 is 0 Å². The van der Waals surface area contributed by atoms with Crippen LogP contribution in [0.15, 0.2) is 41.4 Å². The third-order valence-corrected chi connectivity index (χ3v) is 2.81. The molecule has 5 heteroatoms. The molecule has 0 atom stereocenters. The number of hydrogen-bond acceptors (Lipinski definition) is 3. The van der Waals surface area contributed by atoms with Crippen molar-refractivity contribution in [3.05, 3.63) is 42.1 Å². The quantitative estimate of drug-likeness (QED) is 0.828. The van der Waals surface area contributed by atoms with Crippen LogP contribution in [0.3, 0.4) is 0 Å². The molecule has 2 aromatic rings. The van der Waals surface area contributed by atoms with Gasteiger partial charge in [0.1, 0.15) is 5.03 Å². The lowest BCUT2D eigenvalue weighted by Crippen LogP contribution is -2.01. The molecule has 0 unspecified atom stereocenters. The van der Waals surface area contributed by atoms with Gasteiger partial charge in [-0.1, -0.05) is 18.2 Å². The van der Waals surface area contributed by atoms with Crippen LogP contribution in [-0.2, 0) is 0 Å². The SMILES string of the molecule is CSc1cc(C(=O)O)nn1-c1ccccc1. The number of carbonyl (C=O) groups is 1. The molecular weight excluding hydrogens is 224 g/mol. The summed E-state index contributed by atoms with van der Waals surface area (Å²) in [4.78, 5) is 10.8. The third kappa shape index (κ3) is 1.94. The monoisotopic (exact) mass is 234 g/mol. The molecule has 16 heavy (non-hydrogen) atoms. The van der Waals surface area contributed by atoms with E-state index in [1.807, 2.05) is 36.6 Å². The summed E-state index contributed by atoms with van der Waals surface area (Å²) >= 11 is 1.47. The fourth-order valence-corrected chi connectivity index (χ4v) is 1.92. The number of aromatic carboxylic acids is 1. The second kappa shape index (κ2) is 4.40. The lowest BCUT2D eigenvalue weighted by molar-refractivity contribution is 0.0690. The van der Waals surface area contributed by atoms with Crippen LogP contribution in [0, 0.1) is 0 Å². The molecule has 0 spiro atoms. The number of rotatable bonds is 3. The Bertz CT molecular complexity index is 508. The molecule has 0 aliphatic rings. The Labute approximate surface area is 96.9 Å². The first-order chi connectivity index (χ1) is 7.72. The topological polar surface area (TPSA) is 55.1 Å². The van der Waals surface area contributed by atoms with E-state index in [1.165, 1.54) is 11.8 Å². The Hall–Kier alpha value is -1.75. The maximum Gasteiger partial charge on any atom is 0.356 e. The Morgan fingerprint density at radius 2 is 2.06 bits per heavy atom. The molecule has 0 radical (unpaired) electrons. The van der Waals surface area contributed by atoms with Crippen molar-refractivity contribution in [3.63, 3.8) is 0 Å². The lowest BCUT2D eigenvalue weighted by atomic mass is 10.3. The lowest BCUT2D eigenvalue weighted by Gasteiger charge is -2.03. The van der Waals surface area contributed by atoms with Crippen molar-refractivity contribution in [3.8, 4) is 5.69 Å². The predicted molar refractivity (Wildman–Crippen MR) is 62.3 cm³/mol. The molecular formula is C11H10N2O2S. The van der Waals surface area contributed by atoms with Gasteiger partial charge >= 0.3 is 5.97 Å². The van der Waals surface area contributed by atoms with Crippen LogP contribution in [-0.4, -0.2) is 27.1 Å². The Morgan fingerprint density at radius 1 is 1.38 bits per heavy atom. The minimum atomic E-state index is -1.01. The predicted octanol–water partition coefficient (Wildman–Crippen LogP) is 2.29. The van der Waals surface area contributed by atoms with E-state index in [2.05, 4.69) is 5.10 Å². The minimum Gasteiger partial charge on any atom is -0.476 e. The van der Waals surface area contributed by atoms with Crippen molar-refractivity contribution in [1.82, 2.24) is 9.78 Å². The van der Waals surface area contributed by atoms with Gasteiger partial charge in [0.25, 0.3) is 0 Å². The van der Waals surface area contributed by atoms with E-state index in [-0.39, 0.29) is 5.69 Å². The first-order valence-corrected chi connectivity index (χ1v) is 5.87. The van der Waals surface area contributed by atoms with Gasteiger partial charge in [-0.2, -0.15) is 5.10 Å². The standard InChI is InChI=1S/C11H10N2O2S/c1-16-10-7-9(11(14)15)12-13(10)8-5-3-2-4-6-8/h2-7H,1H3,(H,14,15). The van der Waals surface area contributed by atoms with Gasteiger partial charge < -0.3 is 5.11 Å². The van der Waals surface area contributed by atoms with Crippen molar-refractivity contribution in [2.45, 2.75) is 5.03 Å². The van der Waals surface area contributed by atoms with Crippen LogP contribution in [0.25, 0.3) is 5.69 Å². The van der Waals surface area contributed by atoms with E-state index in [1.54, 1.807) is 10.7 Å². The molecule has 1 aromatic carbocycles. The number of para-hydroxylation sites is 1. The second-order valence-corrected chi connectivity index (χ2v) is 3.95. The number of thioether (sulfide) groups is 1. The fraction of sp³-hybridized carbons (Fsp3) is 0.0909. The van der Waals surface area contributed by atoms with Gasteiger partial charge in [0.05, 0.1) is 5.69 Å². The molecule has 0 aliphatic heterocycles. The summed E-state index contributed by atoms with van der Waals surface area (Å²) in [6, 6.07) is 11.0. The summed E-state index contributed by atoms with van der Waals surface area (Å²) in [5.74, 6) is -1.01. The molecule has 1 aromatic heterocycles. The van der Waals surface area contributed by atoms with Gasteiger partial charge in [-0.15, -0.1) is 11.8 Å². The highest BCUT2D eigenvalue weighted by atomic mass is 32.2. The van der Waals surface area contributed by atoms with Gasteiger partial charge in [0, 0.05) is 6.07 Å². The van der Waals surface area contributed by atoms with Gasteiger partial charge in [0.15, 0.2) is 5.69 Å². The van der Waals surface area contributed by atoms with Gasteiger partial charge in [-0.25, -0.2) is 9.48 Å². The van der Waals surface area contributed by atoms with Crippen LogP contribution in [0.2, 0.25) is 0 Å². The maximum atomic E-state index is 10.8. The van der Waals surface area contributed by atoms with E-state index in [4.69, 9.17) is 5.11 Å². The first kappa shape index (κ1) is 10.8. The largest absolute Gasteiger partial charge is 0.476 e. The Kier molecular flexibility index (Phi) is 2.96. The van der Waals surface area contributed by atoms with Gasteiger partial charge in [-0.3, -0.25) is 0 Å². The van der Waals surface area contributed by atoms with Gasteiger partial charge in [-0.05, 0) is 18.4 Å². The fourth-order valence-electron chi connectivity index (χ4n) is 1.37. The second-order valence-electron chi connectivity index (χ2n) is 3.12. The molecule has 0 amide bonds. The number of carboxylic acid groups (broad SMARTS) is 1. The number of aromatic nitrogens is 2. The molecule has 0 saturated heterocycles. The van der Waals surface area contributed by atoms with Crippen molar-refractivity contribution in [2.24, 2.45) is 0 Å². The first-order valence-electron chi connectivity index (χ1n) is 4.65. The Balaban J connectivity index is 2.52. The summed E-state index contributed by atoms with van der Waals surface area (Å²) in [5.41, 5.74) is 0.924. The highest BCUT2D eigenvalue weighted by molar-refractivity contribution is 7.98. The van der Waals surface area contributed by atoms with Crippen LogP contribution < -0.4 is 0 Å². The molecule has 0 bridgehead atoms. The van der Waals surface area contributed by atoms with Crippen LogP contribution >= 0.6 is 11.8 Å². The number of carboxylic acids is 1. The van der Waals surface area contributed by atoms with Crippen molar-refractivity contribution >= 4 is 17.7 Å². The van der Waals surface area contributed by atoms with Crippen molar-refractivity contribution in [2.75, 3.05) is 6.26 Å². The van der Waals surface area contributed by atoms with E-state index in [0.717, 1.165) is 10.7 Å². The van der Waals surface area contributed by atoms with E-state index in [0.29, 0.717) is 0 Å². The number of hydrogen-bond donors (Lipinski definition) is 1. The highest BCUT2D eigenvalue weighted by Gasteiger charge is 2.13. The molecule has 0 fully saturated rings. The summed E-state index contributed by atoms with van der Waals surface area (Å²) in [6.45, 7) is 0. The third-order valence-electron chi connectivity index (χ3n) is 2.11. The molecule has 1 N–H and O–H groups in total. The highest BCUT2D eigenvalue weighted by Crippen LogP contribution is 2.20. The van der Waals surface area contributed by atoms with Gasteiger partial charge in [0.2, 0.25) is 0 Å². The van der Waals surface area contributed by atoms with Crippen LogP contribution in [0.4, 0.5) is 0 Å². The molecule has 0 aliphatic carbocycles. The number of benzene rings is 1. The smallest absolute Gasteiger partial charge is 0.356 e. The van der Waals surface area contributed by atoms with Crippen molar-refractivity contribution < 1.29 is 9.90 Å². The number of nitrogens with zero attached hydrogens (tertiary/aromatic N) is 2. The Morgan fingerprint density at radius 3 is 2.62 bits per heavy atom. The molecule has 82 valence electrons. The average Bonchev–Trinajstić information content (AvgIpc) is 2.74. The van der Waals surface area contributed by atoms with Crippen LogP contribution in [0.5, 0.6) is 0 Å². The molecule has 1 heterocycles. The molecule has 4 nitrogen and oxygen atoms in total. The van der Waals surface area contributed by atoms with Crippen molar-refractivity contribution in [1.29, 1.82) is 0 Å². The van der Waals surface area contributed by atoms with E-state index < -0.39 is 5.97 Å². The molecule has 0 saturated carbocycles. The normalized spacial score (nSPS) is 10.3. The summed E-state index contributed by atoms with van der Waals surface area (Å²) in [5, 5.41) is 13.7. The van der Waals surface area contributed by atoms with Crippen LogP contribution in [0.1, 0.15) is 10.5 Å². The summed E-state index contributed by atoms with van der Waals surface area (Å²) < 4.78 is 1.63.